The third kappa shape index (κ3) is 2.94. The van der Waals surface area contributed by atoms with E-state index in [4.69, 9.17) is 5.73 Å². The number of likely N-dealkylation sites (tertiary alicyclic amines) is 1. The minimum Gasteiger partial charge on any atom is -0.327 e. The first-order valence-corrected chi connectivity index (χ1v) is 7.78. The summed E-state index contributed by atoms with van der Waals surface area (Å²) in [6.45, 7) is 9.86. The Morgan fingerprint density at radius 1 is 1.38 bits per heavy atom. The molecule has 2 heterocycles. The van der Waals surface area contributed by atoms with Gasteiger partial charge >= 0.3 is 0 Å². The zero-order valence-electron chi connectivity index (χ0n) is 13.3. The highest BCUT2D eigenvalue weighted by Gasteiger charge is 2.33. The van der Waals surface area contributed by atoms with Gasteiger partial charge in [0, 0.05) is 37.3 Å². The van der Waals surface area contributed by atoms with Crippen molar-refractivity contribution in [3.63, 3.8) is 0 Å². The molecule has 0 bridgehead atoms. The van der Waals surface area contributed by atoms with E-state index in [1.807, 2.05) is 12.3 Å². The Balaban J connectivity index is 1.82. The van der Waals surface area contributed by atoms with E-state index in [2.05, 4.69) is 48.9 Å². The Morgan fingerprint density at radius 3 is 2.95 bits per heavy atom. The fourth-order valence-electron chi connectivity index (χ4n) is 3.42. The number of nitrogens with two attached hydrogens (primary N) is 1. The van der Waals surface area contributed by atoms with Crippen LogP contribution in [0.15, 0.2) is 30.5 Å². The standard InChI is InChI=1S/C18H25N3/c1-13-9-14(10-15-5-4-7-20-17(13)15)11-21-8-6-16(19)18(2,3)12-21/h4-5,7,9-10,16H,6,8,11-12,19H2,1-3H3. The number of piperidine rings is 1. The van der Waals surface area contributed by atoms with Crippen molar-refractivity contribution in [3.05, 3.63) is 41.6 Å². The van der Waals surface area contributed by atoms with Gasteiger partial charge in [0.2, 0.25) is 0 Å². The molecular formula is C18H25N3. The lowest BCUT2D eigenvalue weighted by Crippen LogP contribution is -2.52. The Morgan fingerprint density at radius 2 is 2.19 bits per heavy atom. The average Bonchev–Trinajstić information content (AvgIpc) is 2.43. The lowest BCUT2D eigenvalue weighted by Gasteiger charge is -2.42. The van der Waals surface area contributed by atoms with Gasteiger partial charge in [-0.2, -0.15) is 0 Å². The molecule has 1 atom stereocenters. The van der Waals surface area contributed by atoms with Gasteiger partial charge in [0.05, 0.1) is 5.52 Å². The van der Waals surface area contributed by atoms with Crippen molar-refractivity contribution in [2.45, 2.75) is 39.8 Å². The van der Waals surface area contributed by atoms with Crippen LogP contribution in [-0.4, -0.2) is 29.0 Å². The van der Waals surface area contributed by atoms with Crippen molar-refractivity contribution in [1.82, 2.24) is 9.88 Å². The molecule has 0 aliphatic carbocycles. The van der Waals surface area contributed by atoms with Gasteiger partial charge < -0.3 is 5.73 Å². The second kappa shape index (κ2) is 5.39. The number of benzene rings is 1. The van der Waals surface area contributed by atoms with E-state index in [0.29, 0.717) is 6.04 Å². The number of aryl methyl sites for hydroxylation is 1. The summed E-state index contributed by atoms with van der Waals surface area (Å²) in [5.41, 5.74) is 10.2. The third-order valence-electron chi connectivity index (χ3n) is 4.75. The fraction of sp³-hybridized carbons (Fsp3) is 0.500. The van der Waals surface area contributed by atoms with Crippen LogP contribution in [0.2, 0.25) is 0 Å². The monoisotopic (exact) mass is 283 g/mol. The van der Waals surface area contributed by atoms with E-state index in [1.54, 1.807) is 0 Å². The predicted molar refractivity (Wildman–Crippen MR) is 88.1 cm³/mol. The van der Waals surface area contributed by atoms with Crippen molar-refractivity contribution < 1.29 is 0 Å². The molecule has 0 spiro atoms. The summed E-state index contributed by atoms with van der Waals surface area (Å²) < 4.78 is 0. The van der Waals surface area contributed by atoms with E-state index < -0.39 is 0 Å². The molecule has 1 fully saturated rings. The predicted octanol–water partition coefficient (Wildman–Crippen LogP) is 3.10. The van der Waals surface area contributed by atoms with Crippen molar-refractivity contribution in [2.75, 3.05) is 13.1 Å². The van der Waals surface area contributed by atoms with E-state index >= 15 is 0 Å². The smallest absolute Gasteiger partial charge is 0.0731 e. The molecule has 2 aromatic rings. The molecule has 0 amide bonds. The molecule has 1 saturated heterocycles. The van der Waals surface area contributed by atoms with Gasteiger partial charge in [0.25, 0.3) is 0 Å². The van der Waals surface area contributed by atoms with E-state index in [9.17, 15) is 0 Å². The highest BCUT2D eigenvalue weighted by atomic mass is 15.1. The second-order valence-corrected chi connectivity index (χ2v) is 7.08. The molecule has 3 heteroatoms. The summed E-state index contributed by atoms with van der Waals surface area (Å²) >= 11 is 0. The summed E-state index contributed by atoms with van der Waals surface area (Å²) in [6, 6.07) is 9.02. The summed E-state index contributed by atoms with van der Waals surface area (Å²) in [5, 5.41) is 1.24. The first kappa shape index (κ1) is 14.5. The van der Waals surface area contributed by atoms with Gasteiger partial charge in [-0.3, -0.25) is 9.88 Å². The summed E-state index contributed by atoms with van der Waals surface area (Å²) in [5.74, 6) is 0. The van der Waals surface area contributed by atoms with Crippen LogP contribution in [0.25, 0.3) is 10.9 Å². The Bertz CT molecular complexity index is 648. The fourth-order valence-corrected chi connectivity index (χ4v) is 3.42. The summed E-state index contributed by atoms with van der Waals surface area (Å²) in [4.78, 5) is 7.00. The number of nitrogens with zero attached hydrogens (tertiary/aromatic N) is 2. The molecule has 1 aromatic carbocycles. The Labute approximate surface area is 127 Å². The molecular weight excluding hydrogens is 258 g/mol. The molecule has 21 heavy (non-hydrogen) atoms. The topological polar surface area (TPSA) is 42.1 Å². The largest absolute Gasteiger partial charge is 0.327 e. The van der Waals surface area contributed by atoms with E-state index in [-0.39, 0.29) is 5.41 Å². The lowest BCUT2D eigenvalue weighted by molar-refractivity contribution is 0.0899. The van der Waals surface area contributed by atoms with Gasteiger partial charge in [-0.1, -0.05) is 26.0 Å². The van der Waals surface area contributed by atoms with Crippen LogP contribution in [0.5, 0.6) is 0 Å². The van der Waals surface area contributed by atoms with Gasteiger partial charge in [-0.15, -0.1) is 0 Å². The first-order valence-electron chi connectivity index (χ1n) is 7.78. The van der Waals surface area contributed by atoms with Crippen LogP contribution in [0.4, 0.5) is 0 Å². The molecule has 112 valence electrons. The molecule has 1 aromatic heterocycles. The Kier molecular flexibility index (Phi) is 3.72. The minimum atomic E-state index is 0.200. The zero-order chi connectivity index (χ0) is 15.0. The summed E-state index contributed by atoms with van der Waals surface area (Å²) in [7, 11) is 0. The SMILES string of the molecule is Cc1cc(CN2CCC(N)C(C)(C)C2)cc2cccnc12. The number of fused-ring (bicyclic) bond motifs is 1. The van der Waals surface area contributed by atoms with E-state index in [0.717, 1.165) is 31.6 Å². The molecule has 0 saturated carbocycles. The van der Waals surface area contributed by atoms with E-state index in [1.165, 1.54) is 16.5 Å². The number of rotatable bonds is 2. The van der Waals surface area contributed by atoms with Crippen LogP contribution in [0, 0.1) is 12.3 Å². The molecule has 3 rings (SSSR count). The maximum absolute atomic E-state index is 6.23. The molecule has 3 nitrogen and oxygen atoms in total. The van der Waals surface area contributed by atoms with Crippen molar-refractivity contribution >= 4 is 10.9 Å². The van der Waals surface area contributed by atoms with Gasteiger partial charge in [-0.25, -0.2) is 0 Å². The van der Waals surface area contributed by atoms with Crippen LogP contribution < -0.4 is 5.73 Å². The van der Waals surface area contributed by atoms with Crippen molar-refractivity contribution in [1.29, 1.82) is 0 Å². The number of hydrogen-bond donors (Lipinski definition) is 1. The molecule has 1 aliphatic heterocycles. The van der Waals surface area contributed by atoms with Crippen molar-refractivity contribution in [2.24, 2.45) is 11.1 Å². The van der Waals surface area contributed by atoms with Gasteiger partial charge in [0.1, 0.15) is 0 Å². The first-order chi connectivity index (χ1) is 9.95. The second-order valence-electron chi connectivity index (χ2n) is 7.08. The quantitative estimate of drug-likeness (QED) is 0.921. The average molecular weight is 283 g/mol. The number of hydrogen-bond acceptors (Lipinski definition) is 3. The Hall–Kier alpha value is -1.45. The lowest BCUT2D eigenvalue weighted by atomic mass is 9.79. The van der Waals surface area contributed by atoms with Crippen LogP contribution >= 0.6 is 0 Å². The van der Waals surface area contributed by atoms with Gasteiger partial charge in [0.15, 0.2) is 0 Å². The number of aromatic nitrogens is 1. The van der Waals surface area contributed by atoms with Gasteiger partial charge in [-0.05, 0) is 42.0 Å². The maximum Gasteiger partial charge on any atom is 0.0731 e. The molecule has 1 aliphatic rings. The maximum atomic E-state index is 6.23. The normalized spacial score (nSPS) is 22.6. The zero-order valence-corrected chi connectivity index (χ0v) is 13.3. The highest BCUT2D eigenvalue weighted by molar-refractivity contribution is 5.82. The third-order valence-corrected chi connectivity index (χ3v) is 4.75. The highest BCUT2D eigenvalue weighted by Crippen LogP contribution is 2.29. The van der Waals surface area contributed by atoms with Crippen LogP contribution in [-0.2, 0) is 6.54 Å². The number of pyridine rings is 1. The molecule has 1 unspecified atom stereocenters. The summed E-state index contributed by atoms with van der Waals surface area (Å²) in [6.07, 6.45) is 2.95. The molecule has 2 N–H and O–H groups in total. The van der Waals surface area contributed by atoms with Crippen LogP contribution in [0.1, 0.15) is 31.4 Å². The molecule has 0 radical (unpaired) electrons. The van der Waals surface area contributed by atoms with Crippen molar-refractivity contribution in [3.8, 4) is 0 Å². The van der Waals surface area contributed by atoms with Crippen LogP contribution in [0.3, 0.4) is 0 Å². The minimum absolute atomic E-state index is 0.200.